The van der Waals surface area contributed by atoms with Gasteiger partial charge < -0.3 is 11.1 Å². The SMILES string of the molecule is Cc1[nH]ncc1C(=O)NC(C(N)=S)C1CCCCC1. The second kappa shape index (κ2) is 6.14. The van der Waals surface area contributed by atoms with E-state index in [0.29, 0.717) is 16.5 Å². The van der Waals surface area contributed by atoms with Crippen molar-refractivity contribution in [3.63, 3.8) is 0 Å². The Morgan fingerprint density at radius 1 is 1.53 bits per heavy atom. The molecule has 0 aliphatic heterocycles. The number of nitrogens with zero attached hydrogens (tertiary/aromatic N) is 1. The van der Waals surface area contributed by atoms with Crippen LogP contribution in [0.15, 0.2) is 6.20 Å². The average Bonchev–Trinajstić information content (AvgIpc) is 2.82. The summed E-state index contributed by atoms with van der Waals surface area (Å²) in [6.07, 6.45) is 7.31. The van der Waals surface area contributed by atoms with Crippen molar-refractivity contribution < 1.29 is 4.79 Å². The fourth-order valence-electron chi connectivity index (χ4n) is 2.69. The van der Waals surface area contributed by atoms with Crippen LogP contribution in [0.2, 0.25) is 0 Å². The molecule has 1 aliphatic rings. The summed E-state index contributed by atoms with van der Waals surface area (Å²) in [5.41, 5.74) is 7.11. The molecule has 1 saturated carbocycles. The summed E-state index contributed by atoms with van der Waals surface area (Å²) < 4.78 is 0. The van der Waals surface area contributed by atoms with Gasteiger partial charge in [-0.3, -0.25) is 9.89 Å². The highest BCUT2D eigenvalue weighted by molar-refractivity contribution is 7.80. The molecule has 104 valence electrons. The zero-order valence-electron chi connectivity index (χ0n) is 11.1. The molecular formula is C13H20N4OS. The minimum absolute atomic E-state index is 0.158. The predicted octanol–water partition coefficient (Wildman–Crippen LogP) is 1.68. The van der Waals surface area contributed by atoms with E-state index in [2.05, 4.69) is 15.5 Å². The normalized spacial score (nSPS) is 17.9. The van der Waals surface area contributed by atoms with Crippen LogP contribution >= 0.6 is 12.2 Å². The molecule has 4 N–H and O–H groups in total. The maximum absolute atomic E-state index is 12.2. The van der Waals surface area contributed by atoms with Gasteiger partial charge in [0.2, 0.25) is 0 Å². The molecule has 0 aromatic carbocycles. The van der Waals surface area contributed by atoms with E-state index in [0.717, 1.165) is 18.5 Å². The molecule has 0 spiro atoms. The Labute approximate surface area is 118 Å². The molecule has 0 radical (unpaired) electrons. The number of aromatic nitrogens is 2. The van der Waals surface area contributed by atoms with Crippen LogP contribution in [0.25, 0.3) is 0 Å². The quantitative estimate of drug-likeness (QED) is 0.733. The Morgan fingerprint density at radius 2 is 2.21 bits per heavy atom. The van der Waals surface area contributed by atoms with Gasteiger partial charge >= 0.3 is 0 Å². The number of hydrogen-bond donors (Lipinski definition) is 3. The van der Waals surface area contributed by atoms with E-state index in [1.54, 1.807) is 0 Å². The molecule has 1 heterocycles. The topological polar surface area (TPSA) is 83.8 Å². The van der Waals surface area contributed by atoms with Gasteiger partial charge in [-0.05, 0) is 25.7 Å². The lowest BCUT2D eigenvalue weighted by Crippen LogP contribution is -2.48. The molecule has 2 rings (SSSR count). The number of aryl methyl sites for hydroxylation is 1. The van der Waals surface area contributed by atoms with Gasteiger partial charge in [-0.2, -0.15) is 5.10 Å². The van der Waals surface area contributed by atoms with E-state index in [-0.39, 0.29) is 11.9 Å². The lowest BCUT2D eigenvalue weighted by molar-refractivity contribution is 0.0931. The van der Waals surface area contributed by atoms with E-state index in [1.807, 2.05) is 6.92 Å². The van der Waals surface area contributed by atoms with Gasteiger partial charge in [-0.1, -0.05) is 31.5 Å². The van der Waals surface area contributed by atoms with Crippen molar-refractivity contribution in [2.45, 2.75) is 45.1 Å². The van der Waals surface area contributed by atoms with E-state index in [4.69, 9.17) is 18.0 Å². The molecule has 0 saturated heterocycles. The first-order valence-corrected chi connectivity index (χ1v) is 7.10. The molecular weight excluding hydrogens is 260 g/mol. The number of carbonyl (C=O) groups excluding carboxylic acids is 1. The van der Waals surface area contributed by atoms with E-state index >= 15 is 0 Å². The summed E-state index contributed by atoms with van der Waals surface area (Å²) in [5, 5.41) is 9.58. The fraction of sp³-hybridized carbons (Fsp3) is 0.615. The Morgan fingerprint density at radius 3 is 2.74 bits per heavy atom. The standard InChI is InChI=1S/C13H20N4OS/c1-8-10(7-15-17-8)13(18)16-11(12(14)19)9-5-3-2-4-6-9/h7,9,11H,2-6H2,1H3,(H2,14,19)(H,15,17)(H,16,18). The number of hydrogen-bond acceptors (Lipinski definition) is 3. The Bertz CT molecular complexity index is 465. The van der Waals surface area contributed by atoms with Gasteiger partial charge in [0, 0.05) is 5.69 Å². The summed E-state index contributed by atoms with van der Waals surface area (Å²) in [6.45, 7) is 1.82. The summed E-state index contributed by atoms with van der Waals surface area (Å²) in [6, 6.07) is -0.211. The van der Waals surface area contributed by atoms with Gasteiger partial charge in [-0.15, -0.1) is 0 Å². The largest absolute Gasteiger partial charge is 0.392 e. The number of nitrogens with two attached hydrogens (primary N) is 1. The minimum atomic E-state index is -0.211. The first-order valence-electron chi connectivity index (χ1n) is 6.69. The zero-order chi connectivity index (χ0) is 13.8. The Hall–Kier alpha value is -1.43. The number of carbonyl (C=O) groups is 1. The molecule has 1 unspecified atom stereocenters. The average molecular weight is 280 g/mol. The highest BCUT2D eigenvalue weighted by Gasteiger charge is 2.28. The third-order valence-electron chi connectivity index (χ3n) is 3.79. The minimum Gasteiger partial charge on any atom is -0.392 e. The molecule has 1 fully saturated rings. The summed E-state index contributed by atoms with van der Waals surface area (Å²) in [5.74, 6) is 0.206. The van der Waals surface area contributed by atoms with Crippen LogP contribution < -0.4 is 11.1 Å². The highest BCUT2D eigenvalue weighted by Crippen LogP contribution is 2.26. The number of amides is 1. The Balaban J connectivity index is 2.06. The van der Waals surface area contributed by atoms with Gasteiger partial charge in [0.05, 0.1) is 22.8 Å². The van der Waals surface area contributed by atoms with Crippen molar-refractivity contribution in [2.24, 2.45) is 11.7 Å². The molecule has 1 aliphatic carbocycles. The molecule has 19 heavy (non-hydrogen) atoms. The summed E-state index contributed by atoms with van der Waals surface area (Å²) >= 11 is 5.12. The maximum Gasteiger partial charge on any atom is 0.255 e. The van der Waals surface area contributed by atoms with E-state index in [9.17, 15) is 4.79 Å². The second-order valence-electron chi connectivity index (χ2n) is 5.16. The Kier molecular flexibility index (Phi) is 4.52. The third kappa shape index (κ3) is 3.32. The molecule has 6 heteroatoms. The molecule has 1 amide bonds. The van der Waals surface area contributed by atoms with Gasteiger partial charge in [0.15, 0.2) is 0 Å². The molecule has 1 aromatic rings. The highest BCUT2D eigenvalue weighted by atomic mass is 32.1. The van der Waals surface area contributed by atoms with Gasteiger partial charge in [0.1, 0.15) is 0 Å². The smallest absolute Gasteiger partial charge is 0.255 e. The number of aromatic amines is 1. The van der Waals surface area contributed by atoms with Crippen molar-refractivity contribution in [1.82, 2.24) is 15.5 Å². The monoisotopic (exact) mass is 280 g/mol. The number of H-pyrrole nitrogens is 1. The van der Waals surface area contributed by atoms with Crippen LogP contribution in [0.5, 0.6) is 0 Å². The van der Waals surface area contributed by atoms with Crippen molar-refractivity contribution in [3.05, 3.63) is 17.5 Å². The van der Waals surface area contributed by atoms with Crippen LogP contribution in [-0.2, 0) is 0 Å². The predicted molar refractivity (Wildman–Crippen MR) is 77.9 cm³/mol. The lowest BCUT2D eigenvalue weighted by atomic mass is 9.83. The van der Waals surface area contributed by atoms with Crippen LogP contribution in [0.3, 0.4) is 0 Å². The fourth-order valence-corrected chi connectivity index (χ4v) is 2.94. The van der Waals surface area contributed by atoms with Gasteiger partial charge in [-0.25, -0.2) is 0 Å². The van der Waals surface area contributed by atoms with Crippen molar-refractivity contribution in [1.29, 1.82) is 0 Å². The summed E-state index contributed by atoms with van der Waals surface area (Å²) in [7, 11) is 0. The van der Waals surface area contributed by atoms with Crippen LogP contribution in [0.1, 0.15) is 48.2 Å². The third-order valence-corrected chi connectivity index (χ3v) is 4.04. The number of rotatable bonds is 4. The van der Waals surface area contributed by atoms with Crippen molar-refractivity contribution in [2.75, 3.05) is 0 Å². The number of nitrogens with one attached hydrogen (secondary N) is 2. The van der Waals surface area contributed by atoms with Gasteiger partial charge in [0.25, 0.3) is 5.91 Å². The van der Waals surface area contributed by atoms with Crippen LogP contribution in [0, 0.1) is 12.8 Å². The van der Waals surface area contributed by atoms with Crippen molar-refractivity contribution in [3.8, 4) is 0 Å². The lowest BCUT2D eigenvalue weighted by Gasteiger charge is -2.30. The second-order valence-corrected chi connectivity index (χ2v) is 5.63. The van der Waals surface area contributed by atoms with Crippen molar-refractivity contribution >= 4 is 23.1 Å². The van der Waals surface area contributed by atoms with Crippen LogP contribution in [0.4, 0.5) is 0 Å². The summed E-state index contributed by atoms with van der Waals surface area (Å²) in [4.78, 5) is 12.6. The first kappa shape index (κ1) is 14.0. The molecule has 1 atom stereocenters. The van der Waals surface area contributed by atoms with E-state index in [1.165, 1.54) is 25.5 Å². The van der Waals surface area contributed by atoms with Crippen LogP contribution in [-0.4, -0.2) is 27.1 Å². The molecule has 5 nitrogen and oxygen atoms in total. The number of thiocarbonyl (C=S) groups is 1. The maximum atomic E-state index is 12.2. The zero-order valence-corrected chi connectivity index (χ0v) is 11.9. The van der Waals surface area contributed by atoms with E-state index < -0.39 is 0 Å². The molecule has 1 aromatic heterocycles. The molecule has 0 bridgehead atoms. The first-order chi connectivity index (χ1) is 9.09.